The number of carboxylic acid groups (broad SMARTS) is 2. The molecule has 0 aromatic rings. The number of carbonyl (C=O) groups is 4. The van der Waals surface area contributed by atoms with Crippen LogP contribution in [0.1, 0.15) is 12.8 Å². The van der Waals surface area contributed by atoms with E-state index in [1.54, 1.807) is 0 Å². The van der Waals surface area contributed by atoms with Crippen LogP contribution in [0.3, 0.4) is 0 Å². The number of hydrogen-bond donors (Lipinski definition) is 5. The predicted octanol–water partition coefficient (Wildman–Crippen LogP) is -1.63. The third kappa shape index (κ3) is 10.1. The van der Waals surface area contributed by atoms with Gasteiger partial charge in [-0.1, -0.05) is 0 Å². The van der Waals surface area contributed by atoms with Crippen molar-refractivity contribution in [2.24, 2.45) is 0 Å². The van der Waals surface area contributed by atoms with Crippen molar-refractivity contribution >= 4 is 23.9 Å². The predicted molar refractivity (Wildman–Crippen MR) is 69.7 cm³/mol. The minimum Gasteiger partial charge on any atom is -0.481 e. The second kappa shape index (κ2) is 10.4. The van der Waals surface area contributed by atoms with Crippen LogP contribution in [-0.4, -0.2) is 66.9 Å². The fourth-order valence-electron chi connectivity index (χ4n) is 1.25. The first kappa shape index (κ1) is 18.6. The number of carbonyl (C=O) groups excluding carboxylic acids is 2. The summed E-state index contributed by atoms with van der Waals surface area (Å²) in [7, 11) is 1.47. The molecule has 0 saturated carbocycles. The van der Waals surface area contributed by atoms with E-state index in [-0.39, 0.29) is 19.5 Å². The third-order valence-corrected chi connectivity index (χ3v) is 2.29. The average Bonchev–Trinajstić information content (AvgIpc) is 2.41. The highest BCUT2D eigenvalue weighted by Crippen LogP contribution is 1.97. The molecule has 0 fully saturated rings. The Bertz CT molecular complexity index is 386. The van der Waals surface area contributed by atoms with Crippen molar-refractivity contribution < 1.29 is 34.1 Å². The number of carboxylic acids is 2. The Hall–Kier alpha value is -2.36. The summed E-state index contributed by atoms with van der Waals surface area (Å²) in [5, 5.41) is 24.0. The van der Waals surface area contributed by atoms with Crippen molar-refractivity contribution in [3.05, 3.63) is 0 Å². The first-order chi connectivity index (χ1) is 9.86. The van der Waals surface area contributed by atoms with Gasteiger partial charge in [-0.3, -0.25) is 9.59 Å². The van der Waals surface area contributed by atoms with Crippen molar-refractivity contribution in [3.63, 3.8) is 0 Å². The zero-order valence-corrected chi connectivity index (χ0v) is 11.5. The van der Waals surface area contributed by atoms with Gasteiger partial charge in [0, 0.05) is 20.1 Å². The topological polar surface area (TPSA) is 154 Å². The molecule has 0 rings (SSSR count). The van der Waals surface area contributed by atoms with E-state index in [9.17, 15) is 19.2 Å². The molecule has 10 heteroatoms. The van der Waals surface area contributed by atoms with Gasteiger partial charge in [-0.25, -0.2) is 9.59 Å². The molecule has 0 aliphatic rings. The molecule has 0 bridgehead atoms. The maximum absolute atomic E-state index is 11.4. The largest absolute Gasteiger partial charge is 0.481 e. The summed E-state index contributed by atoms with van der Waals surface area (Å²) in [6, 6.07) is -2.20. The van der Waals surface area contributed by atoms with Crippen molar-refractivity contribution in [1.82, 2.24) is 16.0 Å². The highest BCUT2D eigenvalue weighted by molar-refractivity contribution is 5.86. The number of hydrogen-bond acceptors (Lipinski definition) is 5. The fraction of sp³-hybridized carbons (Fsp3) is 0.636. The highest BCUT2D eigenvalue weighted by Gasteiger charge is 2.20. The Morgan fingerprint density at radius 2 is 1.81 bits per heavy atom. The molecule has 0 heterocycles. The molecule has 1 unspecified atom stereocenters. The second-order valence-corrected chi connectivity index (χ2v) is 3.99. The molecule has 10 nitrogen and oxygen atoms in total. The van der Waals surface area contributed by atoms with Gasteiger partial charge >= 0.3 is 18.0 Å². The highest BCUT2D eigenvalue weighted by atomic mass is 16.5. The van der Waals surface area contributed by atoms with Crippen LogP contribution in [-0.2, 0) is 19.1 Å². The van der Waals surface area contributed by atoms with Gasteiger partial charge in [-0.2, -0.15) is 0 Å². The molecule has 1 atom stereocenters. The molecular formula is C11H19N3O7. The lowest BCUT2D eigenvalue weighted by Gasteiger charge is -2.14. The Balaban J connectivity index is 4.05. The Morgan fingerprint density at radius 3 is 2.33 bits per heavy atom. The fourth-order valence-corrected chi connectivity index (χ4v) is 1.25. The summed E-state index contributed by atoms with van der Waals surface area (Å²) in [5.74, 6) is -2.98. The minimum atomic E-state index is -1.35. The van der Waals surface area contributed by atoms with Crippen LogP contribution in [0, 0.1) is 0 Å². The molecule has 0 radical (unpaired) electrons. The van der Waals surface area contributed by atoms with Crippen molar-refractivity contribution in [1.29, 1.82) is 0 Å². The maximum Gasteiger partial charge on any atom is 0.326 e. The summed E-state index contributed by atoms with van der Waals surface area (Å²) in [5.41, 5.74) is 0. The van der Waals surface area contributed by atoms with Gasteiger partial charge in [0.15, 0.2) is 0 Å². The number of urea groups is 1. The van der Waals surface area contributed by atoms with Gasteiger partial charge in [0.1, 0.15) is 6.04 Å². The van der Waals surface area contributed by atoms with E-state index in [4.69, 9.17) is 14.9 Å². The van der Waals surface area contributed by atoms with Gasteiger partial charge < -0.3 is 30.9 Å². The standard InChI is InChI=1S/C11H19N3O7/c1-21-5-4-12-8(15)6-13-11(20)14-7(10(18)19)2-3-9(16)17/h7H,2-6H2,1H3,(H,12,15)(H,16,17)(H,18,19)(H2,13,14,20). The number of nitrogens with one attached hydrogen (secondary N) is 3. The zero-order valence-electron chi connectivity index (χ0n) is 11.5. The second-order valence-electron chi connectivity index (χ2n) is 3.99. The average molecular weight is 305 g/mol. The van der Waals surface area contributed by atoms with Gasteiger partial charge in [0.05, 0.1) is 13.2 Å². The number of ether oxygens (including phenoxy) is 1. The molecule has 120 valence electrons. The summed E-state index contributed by atoms with van der Waals surface area (Å²) in [4.78, 5) is 43.9. The quantitative estimate of drug-likeness (QED) is 0.303. The van der Waals surface area contributed by atoms with E-state index in [2.05, 4.69) is 16.0 Å². The van der Waals surface area contributed by atoms with Gasteiger partial charge in [-0.05, 0) is 6.42 Å². The molecule has 0 spiro atoms. The number of aliphatic carboxylic acids is 2. The Morgan fingerprint density at radius 1 is 1.14 bits per heavy atom. The van der Waals surface area contributed by atoms with Crippen LogP contribution in [0.25, 0.3) is 0 Å². The number of methoxy groups -OCH3 is 1. The molecule has 3 amide bonds. The SMILES string of the molecule is COCCNC(=O)CNC(=O)NC(CCC(=O)O)C(=O)O. The molecule has 0 aliphatic carbocycles. The van der Waals surface area contributed by atoms with Crippen molar-refractivity contribution in [2.75, 3.05) is 26.8 Å². The van der Waals surface area contributed by atoms with Gasteiger partial charge in [-0.15, -0.1) is 0 Å². The van der Waals surface area contributed by atoms with Gasteiger partial charge in [0.2, 0.25) is 5.91 Å². The summed E-state index contributed by atoms with van der Waals surface area (Å²) in [6.45, 7) is 0.282. The number of rotatable bonds is 10. The summed E-state index contributed by atoms with van der Waals surface area (Å²) >= 11 is 0. The molecular weight excluding hydrogens is 286 g/mol. The van der Waals surface area contributed by atoms with Crippen LogP contribution < -0.4 is 16.0 Å². The lowest BCUT2D eigenvalue weighted by molar-refractivity contribution is -0.140. The van der Waals surface area contributed by atoms with Crippen LogP contribution >= 0.6 is 0 Å². The van der Waals surface area contributed by atoms with Crippen molar-refractivity contribution in [2.45, 2.75) is 18.9 Å². The van der Waals surface area contributed by atoms with Crippen molar-refractivity contribution in [3.8, 4) is 0 Å². The zero-order chi connectivity index (χ0) is 16.3. The molecule has 0 aromatic carbocycles. The minimum absolute atomic E-state index is 0.252. The Kier molecular flexibility index (Phi) is 9.26. The first-order valence-corrected chi connectivity index (χ1v) is 6.11. The molecule has 0 aliphatic heterocycles. The lowest BCUT2D eigenvalue weighted by Crippen LogP contribution is -2.48. The van der Waals surface area contributed by atoms with Crippen LogP contribution in [0.5, 0.6) is 0 Å². The van der Waals surface area contributed by atoms with E-state index in [0.717, 1.165) is 0 Å². The normalized spacial score (nSPS) is 11.3. The van der Waals surface area contributed by atoms with Crippen LogP contribution in [0.15, 0.2) is 0 Å². The molecule has 0 saturated heterocycles. The van der Waals surface area contributed by atoms with E-state index in [1.807, 2.05) is 0 Å². The summed E-state index contributed by atoms with van der Waals surface area (Å²) in [6.07, 6.45) is -0.646. The van der Waals surface area contributed by atoms with E-state index in [1.165, 1.54) is 7.11 Å². The van der Waals surface area contributed by atoms with Gasteiger partial charge in [0.25, 0.3) is 0 Å². The smallest absolute Gasteiger partial charge is 0.326 e. The molecule has 0 aromatic heterocycles. The maximum atomic E-state index is 11.4. The van der Waals surface area contributed by atoms with E-state index >= 15 is 0 Å². The monoisotopic (exact) mass is 305 g/mol. The first-order valence-electron chi connectivity index (χ1n) is 6.11. The van der Waals surface area contributed by atoms with E-state index in [0.29, 0.717) is 6.61 Å². The lowest BCUT2D eigenvalue weighted by atomic mass is 10.1. The molecule has 5 N–H and O–H groups in total. The van der Waals surface area contributed by atoms with Crippen LogP contribution in [0.4, 0.5) is 4.79 Å². The van der Waals surface area contributed by atoms with Crippen LogP contribution in [0.2, 0.25) is 0 Å². The third-order valence-electron chi connectivity index (χ3n) is 2.29. The Labute approximate surface area is 120 Å². The number of amides is 3. The van der Waals surface area contributed by atoms with E-state index < -0.39 is 36.3 Å². The summed E-state index contributed by atoms with van der Waals surface area (Å²) < 4.78 is 4.72. The molecule has 21 heavy (non-hydrogen) atoms.